The minimum atomic E-state index is -1.16. The van der Waals surface area contributed by atoms with Crippen LogP contribution in [0, 0.1) is 16.0 Å². The minimum absolute atomic E-state index is 0.0729. The first-order chi connectivity index (χ1) is 9.08. The molecular formula is C13H16N2O4. The maximum absolute atomic E-state index is 10.9. The Hall–Kier alpha value is -2.11. The average Bonchev–Trinajstić information content (AvgIpc) is 2.32. The van der Waals surface area contributed by atoms with Crippen LogP contribution >= 0.6 is 0 Å². The van der Waals surface area contributed by atoms with E-state index in [4.69, 9.17) is 5.11 Å². The van der Waals surface area contributed by atoms with Crippen LogP contribution in [0.15, 0.2) is 18.2 Å². The molecule has 2 rings (SSSR count). The average molecular weight is 264 g/mol. The van der Waals surface area contributed by atoms with Crippen molar-refractivity contribution >= 4 is 17.3 Å². The number of anilines is 1. The molecule has 0 aliphatic heterocycles. The van der Waals surface area contributed by atoms with Crippen molar-refractivity contribution in [3.8, 4) is 0 Å². The summed E-state index contributed by atoms with van der Waals surface area (Å²) in [5, 5.41) is 22.8. The van der Waals surface area contributed by atoms with Crippen molar-refractivity contribution in [3.05, 3.63) is 33.9 Å². The molecule has 0 saturated heterocycles. The van der Waals surface area contributed by atoms with E-state index in [-0.39, 0.29) is 11.3 Å². The van der Waals surface area contributed by atoms with Gasteiger partial charge in [0.25, 0.3) is 5.69 Å². The van der Waals surface area contributed by atoms with Crippen LogP contribution in [-0.4, -0.2) is 22.5 Å². The number of hydrogen-bond acceptors (Lipinski definition) is 4. The molecule has 1 fully saturated rings. The summed E-state index contributed by atoms with van der Waals surface area (Å²) in [7, 11) is 0. The maximum Gasteiger partial charge on any atom is 0.335 e. The molecule has 0 spiro atoms. The highest BCUT2D eigenvalue weighted by Gasteiger charge is 2.19. The van der Waals surface area contributed by atoms with Gasteiger partial charge in [0.15, 0.2) is 0 Å². The van der Waals surface area contributed by atoms with E-state index < -0.39 is 10.9 Å². The number of nitrogens with zero attached hydrogens (tertiary/aromatic N) is 1. The topological polar surface area (TPSA) is 92.5 Å². The normalized spacial score (nSPS) is 14.7. The van der Waals surface area contributed by atoms with Crippen molar-refractivity contribution in [2.24, 2.45) is 5.92 Å². The summed E-state index contributed by atoms with van der Waals surface area (Å²) in [6.07, 6.45) is 4.75. The molecule has 1 aliphatic rings. The van der Waals surface area contributed by atoms with Gasteiger partial charge in [0, 0.05) is 12.6 Å². The number of carbonyl (C=O) groups is 1. The van der Waals surface area contributed by atoms with Gasteiger partial charge in [-0.2, -0.15) is 0 Å². The first kappa shape index (κ1) is 13.3. The molecule has 6 heteroatoms. The lowest BCUT2D eigenvalue weighted by molar-refractivity contribution is -0.384. The second kappa shape index (κ2) is 5.69. The van der Waals surface area contributed by atoms with Crippen molar-refractivity contribution < 1.29 is 14.8 Å². The summed E-state index contributed by atoms with van der Waals surface area (Å²) in [6.45, 7) is 0.678. The molecule has 1 aromatic rings. The first-order valence-corrected chi connectivity index (χ1v) is 6.33. The van der Waals surface area contributed by atoms with Gasteiger partial charge in [-0.25, -0.2) is 4.79 Å². The third-order valence-corrected chi connectivity index (χ3v) is 3.53. The van der Waals surface area contributed by atoms with E-state index in [1.165, 1.54) is 31.4 Å². The summed E-state index contributed by atoms with van der Waals surface area (Å²) in [5.41, 5.74) is 0.124. The molecule has 0 radical (unpaired) electrons. The molecule has 0 bridgehead atoms. The summed E-state index contributed by atoms with van der Waals surface area (Å²) in [5.74, 6) is -0.436. The summed E-state index contributed by atoms with van der Waals surface area (Å²) in [4.78, 5) is 21.2. The zero-order valence-electron chi connectivity index (χ0n) is 10.5. The lowest BCUT2D eigenvalue weighted by Crippen LogP contribution is -2.16. The van der Waals surface area contributed by atoms with Crippen LogP contribution < -0.4 is 5.32 Å². The number of hydrogen-bond donors (Lipinski definition) is 2. The molecule has 102 valence electrons. The van der Waals surface area contributed by atoms with Gasteiger partial charge < -0.3 is 10.4 Å². The van der Waals surface area contributed by atoms with E-state index in [0.29, 0.717) is 12.2 Å². The van der Waals surface area contributed by atoms with E-state index in [1.807, 2.05) is 0 Å². The molecule has 0 aromatic heterocycles. The Bertz CT molecular complexity index is 497. The molecule has 19 heavy (non-hydrogen) atoms. The van der Waals surface area contributed by atoms with Crippen LogP contribution in [0.2, 0.25) is 0 Å². The Kier molecular flexibility index (Phi) is 3.99. The van der Waals surface area contributed by atoms with Crippen LogP contribution in [0.4, 0.5) is 11.4 Å². The third-order valence-electron chi connectivity index (χ3n) is 3.53. The molecule has 1 aliphatic carbocycles. The molecule has 1 saturated carbocycles. The number of benzene rings is 1. The molecule has 0 atom stereocenters. The zero-order valence-corrected chi connectivity index (χ0v) is 10.5. The van der Waals surface area contributed by atoms with Gasteiger partial charge in [-0.3, -0.25) is 10.1 Å². The number of nitrogens with one attached hydrogen (secondary N) is 1. The predicted octanol–water partition coefficient (Wildman–Crippen LogP) is 2.90. The van der Waals surface area contributed by atoms with Crippen LogP contribution in [0.1, 0.15) is 36.0 Å². The van der Waals surface area contributed by atoms with E-state index in [9.17, 15) is 14.9 Å². The Balaban J connectivity index is 2.05. The highest BCUT2D eigenvalue weighted by molar-refractivity contribution is 5.89. The number of carboxylic acids is 1. The van der Waals surface area contributed by atoms with Crippen molar-refractivity contribution in [2.45, 2.75) is 25.7 Å². The monoisotopic (exact) mass is 264 g/mol. The van der Waals surface area contributed by atoms with E-state index in [0.717, 1.165) is 18.4 Å². The van der Waals surface area contributed by atoms with E-state index in [1.54, 1.807) is 0 Å². The van der Waals surface area contributed by atoms with Crippen molar-refractivity contribution in [1.29, 1.82) is 0 Å². The fourth-order valence-electron chi connectivity index (χ4n) is 2.16. The number of nitro groups is 1. The van der Waals surface area contributed by atoms with Gasteiger partial charge >= 0.3 is 5.97 Å². The quantitative estimate of drug-likeness (QED) is 0.608. The van der Waals surface area contributed by atoms with Crippen LogP contribution in [0.5, 0.6) is 0 Å². The lowest BCUT2D eigenvalue weighted by Gasteiger charge is -2.25. The Morgan fingerprint density at radius 2 is 2.21 bits per heavy atom. The van der Waals surface area contributed by atoms with Crippen LogP contribution in [-0.2, 0) is 0 Å². The second-order valence-corrected chi connectivity index (χ2v) is 4.81. The largest absolute Gasteiger partial charge is 0.478 e. The minimum Gasteiger partial charge on any atom is -0.478 e. The Morgan fingerprint density at radius 1 is 1.47 bits per heavy atom. The van der Waals surface area contributed by atoms with E-state index >= 15 is 0 Å². The fraction of sp³-hybridized carbons (Fsp3) is 0.462. The van der Waals surface area contributed by atoms with Crippen LogP contribution in [0.3, 0.4) is 0 Å². The molecule has 1 aromatic carbocycles. The predicted molar refractivity (Wildman–Crippen MR) is 70.5 cm³/mol. The highest BCUT2D eigenvalue weighted by atomic mass is 16.6. The van der Waals surface area contributed by atoms with Crippen molar-refractivity contribution in [2.75, 3.05) is 11.9 Å². The SMILES string of the molecule is O=C(O)c1ccc(NCCC2CCC2)c([N+](=O)[O-])c1. The van der Waals surface area contributed by atoms with Crippen molar-refractivity contribution in [1.82, 2.24) is 0 Å². The van der Waals surface area contributed by atoms with Crippen LogP contribution in [0.25, 0.3) is 0 Å². The van der Waals surface area contributed by atoms with Crippen molar-refractivity contribution in [3.63, 3.8) is 0 Å². The number of rotatable bonds is 6. The summed E-state index contributed by atoms with van der Waals surface area (Å²) in [6, 6.07) is 3.93. The Morgan fingerprint density at radius 3 is 2.74 bits per heavy atom. The van der Waals surface area contributed by atoms with Gasteiger partial charge in [-0.05, 0) is 24.5 Å². The molecule has 2 N–H and O–H groups in total. The number of nitro benzene ring substituents is 1. The lowest BCUT2D eigenvalue weighted by atomic mass is 9.83. The molecule has 6 nitrogen and oxygen atoms in total. The smallest absolute Gasteiger partial charge is 0.335 e. The van der Waals surface area contributed by atoms with Gasteiger partial charge in [-0.15, -0.1) is 0 Å². The third kappa shape index (κ3) is 3.21. The Labute approximate surface area is 110 Å². The maximum atomic E-state index is 10.9. The second-order valence-electron chi connectivity index (χ2n) is 4.81. The molecule has 0 unspecified atom stereocenters. The first-order valence-electron chi connectivity index (χ1n) is 6.33. The number of aromatic carboxylic acids is 1. The zero-order chi connectivity index (χ0) is 13.8. The van der Waals surface area contributed by atoms with Gasteiger partial charge in [0.2, 0.25) is 0 Å². The van der Waals surface area contributed by atoms with Gasteiger partial charge in [0.05, 0.1) is 10.5 Å². The summed E-state index contributed by atoms with van der Waals surface area (Å²) >= 11 is 0. The number of carboxylic acid groups (broad SMARTS) is 1. The fourth-order valence-corrected chi connectivity index (χ4v) is 2.16. The standard InChI is InChI=1S/C13H16N2O4/c16-13(17)10-4-5-11(12(8-10)15(18)19)14-7-6-9-2-1-3-9/h4-5,8-9,14H,1-3,6-7H2,(H,16,17). The molecule has 0 heterocycles. The summed E-state index contributed by atoms with van der Waals surface area (Å²) < 4.78 is 0. The molecular weight excluding hydrogens is 248 g/mol. The molecule has 0 amide bonds. The van der Waals surface area contributed by atoms with Gasteiger partial charge in [-0.1, -0.05) is 19.3 Å². The van der Waals surface area contributed by atoms with E-state index in [2.05, 4.69) is 5.32 Å². The highest BCUT2D eigenvalue weighted by Crippen LogP contribution is 2.30. The van der Waals surface area contributed by atoms with Gasteiger partial charge in [0.1, 0.15) is 5.69 Å².